The summed E-state index contributed by atoms with van der Waals surface area (Å²) in [5, 5.41) is 3.54. The lowest BCUT2D eigenvalue weighted by atomic mass is 9.82. The molecule has 0 radical (unpaired) electrons. The van der Waals surface area contributed by atoms with Crippen LogP contribution in [0.25, 0.3) is 0 Å². The summed E-state index contributed by atoms with van der Waals surface area (Å²) in [6, 6.07) is 0.585. The number of morpholine rings is 1. The van der Waals surface area contributed by atoms with Crippen molar-refractivity contribution in [1.82, 2.24) is 10.2 Å². The van der Waals surface area contributed by atoms with E-state index in [1.807, 2.05) is 0 Å². The zero-order chi connectivity index (χ0) is 12.1. The molecule has 2 saturated heterocycles. The molecule has 2 heterocycles. The van der Waals surface area contributed by atoms with Gasteiger partial charge in [0, 0.05) is 19.1 Å². The van der Waals surface area contributed by atoms with Gasteiger partial charge in [-0.15, -0.1) is 0 Å². The molecule has 3 heteroatoms. The first-order chi connectivity index (χ1) is 8.28. The molecule has 1 atom stereocenters. The van der Waals surface area contributed by atoms with Crippen molar-refractivity contribution in [3.63, 3.8) is 0 Å². The van der Waals surface area contributed by atoms with Crippen molar-refractivity contribution in [1.29, 1.82) is 0 Å². The van der Waals surface area contributed by atoms with E-state index >= 15 is 0 Å². The van der Waals surface area contributed by atoms with Gasteiger partial charge in [0.05, 0.1) is 13.2 Å². The van der Waals surface area contributed by atoms with Gasteiger partial charge in [-0.1, -0.05) is 13.8 Å². The van der Waals surface area contributed by atoms with Crippen LogP contribution >= 0.6 is 0 Å². The van der Waals surface area contributed by atoms with Crippen LogP contribution in [-0.2, 0) is 4.74 Å². The number of hydrogen-bond donors (Lipinski definition) is 1. The Bertz CT molecular complexity index is 222. The number of hydrogen-bond acceptors (Lipinski definition) is 3. The molecule has 1 N–H and O–H groups in total. The molecule has 2 rings (SSSR count). The van der Waals surface area contributed by atoms with Gasteiger partial charge >= 0.3 is 0 Å². The van der Waals surface area contributed by atoms with E-state index in [4.69, 9.17) is 4.74 Å². The van der Waals surface area contributed by atoms with E-state index in [-0.39, 0.29) is 0 Å². The minimum atomic E-state index is 0.585. The van der Waals surface area contributed by atoms with Crippen LogP contribution in [0.15, 0.2) is 0 Å². The maximum atomic E-state index is 5.50. The van der Waals surface area contributed by atoms with Crippen LogP contribution < -0.4 is 5.32 Å². The summed E-state index contributed by atoms with van der Waals surface area (Å²) >= 11 is 0. The number of ether oxygens (including phenoxy) is 1. The lowest BCUT2D eigenvalue weighted by Gasteiger charge is -2.28. The van der Waals surface area contributed by atoms with Crippen LogP contribution in [0.5, 0.6) is 0 Å². The molecule has 0 aliphatic carbocycles. The lowest BCUT2D eigenvalue weighted by Crippen LogP contribution is -2.43. The van der Waals surface area contributed by atoms with E-state index in [0.29, 0.717) is 11.5 Å². The highest BCUT2D eigenvalue weighted by Gasteiger charge is 2.34. The molecule has 0 spiro atoms. The van der Waals surface area contributed by atoms with Crippen molar-refractivity contribution >= 4 is 0 Å². The van der Waals surface area contributed by atoms with Crippen molar-refractivity contribution < 1.29 is 4.74 Å². The van der Waals surface area contributed by atoms with Gasteiger partial charge in [-0.2, -0.15) is 0 Å². The third-order valence-corrected chi connectivity index (χ3v) is 4.81. The average Bonchev–Trinajstić information content (AvgIpc) is 2.82. The second-order valence-electron chi connectivity index (χ2n) is 5.75. The van der Waals surface area contributed by atoms with Crippen LogP contribution in [0.4, 0.5) is 0 Å². The van der Waals surface area contributed by atoms with Crippen LogP contribution in [0.2, 0.25) is 0 Å². The zero-order valence-electron chi connectivity index (χ0n) is 11.5. The average molecular weight is 240 g/mol. The van der Waals surface area contributed by atoms with Crippen LogP contribution in [0, 0.1) is 5.41 Å². The van der Waals surface area contributed by atoms with Gasteiger partial charge in [-0.25, -0.2) is 0 Å². The summed E-state index contributed by atoms with van der Waals surface area (Å²) < 4.78 is 5.50. The van der Waals surface area contributed by atoms with Gasteiger partial charge in [-0.05, 0) is 44.2 Å². The Balaban J connectivity index is 1.70. The van der Waals surface area contributed by atoms with Gasteiger partial charge in [-0.3, -0.25) is 0 Å². The number of nitrogens with zero attached hydrogens (tertiary/aromatic N) is 1. The second kappa shape index (κ2) is 6.17. The third-order valence-electron chi connectivity index (χ3n) is 4.81. The fourth-order valence-electron chi connectivity index (χ4n) is 3.19. The van der Waals surface area contributed by atoms with Gasteiger partial charge < -0.3 is 15.0 Å². The largest absolute Gasteiger partial charge is 0.379 e. The number of rotatable bonds is 5. The van der Waals surface area contributed by atoms with Crippen molar-refractivity contribution in [2.45, 2.75) is 45.6 Å². The summed E-state index contributed by atoms with van der Waals surface area (Å²) in [5.74, 6) is 0. The van der Waals surface area contributed by atoms with E-state index in [9.17, 15) is 0 Å². The highest BCUT2D eigenvalue weighted by atomic mass is 16.5. The SMILES string of the molecule is CCC1(CC)CCN(CCC2COCCN2)C1. The monoisotopic (exact) mass is 240 g/mol. The Hall–Kier alpha value is -0.120. The first-order valence-corrected chi connectivity index (χ1v) is 7.31. The molecule has 0 aromatic carbocycles. The van der Waals surface area contributed by atoms with Crippen LogP contribution in [0.3, 0.4) is 0 Å². The third kappa shape index (κ3) is 3.43. The van der Waals surface area contributed by atoms with Crippen LogP contribution in [-0.4, -0.2) is 50.3 Å². The Morgan fingerprint density at radius 3 is 2.76 bits per heavy atom. The van der Waals surface area contributed by atoms with E-state index in [1.165, 1.54) is 45.3 Å². The Labute approximate surface area is 106 Å². The molecule has 0 amide bonds. The highest BCUT2D eigenvalue weighted by Crippen LogP contribution is 2.36. The van der Waals surface area contributed by atoms with Gasteiger partial charge in [0.1, 0.15) is 0 Å². The van der Waals surface area contributed by atoms with Gasteiger partial charge in [0.2, 0.25) is 0 Å². The molecule has 0 aromatic heterocycles. The number of likely N-dealkylation sites (tertiary alicyclic amines) is 1. The number of nitrogens with one attached hydrogen (secondary N) is 1. The summed E-state index contributed by atoms with van der Waals surface area (Å²) in [6.45, 7) is 11.4. The first-order valence-electron chi connectivity index (χ1n) is 7.31. The molecule has 2 aliphatic heterocycles. The molecule has 100 valence electrons. The Morgan fingerprint density at radius 1 is 1.35 bits per heavy atom. The smallest absolute Gasteiger partial charge is 0.0620 e. The molecular formula is C14H28N2O. The van der Waals surface area contributed by atoms with Crippen LogP contribution in [0.1, 0.15) is 39.5 Å². The van der Waals surface area contributed by atoms with E-state index < -0.39 is 0 Å². The Morgan fingerprint density at radius 2 is 2.18 bits per heavy atom. The van der Waals surface area contributed by atoms with Crippen molar-refractivity contribution in [3.05, 3.63) is 0 Å². The predicted molar refractivity (Wildman–Crippen MR) is 71.3 cm³/mol. The molecule has 17 heavy (non-hydrogen) atoms. The van der Waals surface area contributed by atoms with Crippen molar-refractivity contribution in [3.8, 4) is 0 Å². The van der Waals surface area contributed by atoms with Gasteiger partial charge in [0.15, 0.2) is 0 Å². The molecule has 0 bridgehead atoms. The maximum Gasteiger partial charge on any atom is 0.0620 e. The molecule has 2 aliphatic rings. The summed E-state index contributed by atoms with van der Waals surface area (Å²) in [6.07, 6.45) is 5.31. The van der Waals surface area contributed by atoms with Crippen molar-refractivity contribution in [2.24, 2.45) is 5.41 Å². The highest BCUT2D eigenvalue weighted by molar-refractivity contribution is 4.88. The zero-order valence-corrected chi connectivity index (χ0v) is 11.5. The van der Waals surface area contributed by atoms with Crippen molar-refractivity contribution in [2.75, 3.05) is 39.4 Å². The standard InChI is InChI=1S/C14H28N2O/c1-3-14(4-2)6-9-16(12-14)8-5-13-11-17-10-7-15-13/h13,15H,3-12H2,1-2H3. The lowest BCUT2D eigenvalue weighted by molar-refractivity contribution is 0.0704. The predicted octanol–water partition coefficient (Wildman–Crippen LogP) is 1.88. The molecule has 1 unspecified atom stereocenters. The first kappa shape index (κ1) is 13.3. The molecule has 2 fully saturated rings. The summed E-state index contributed by atoms with van der Waals surface area (Å²) in [5.41, 5.74) is 0.622. The minimum absolute atomic E-state index is 0.585. The quantitative estimate of drug-likeness (QED) is 0.794. The summed E-state index contributed by atoms with van der Waals surface area (Å²) in [7, 11) is 0. The van der Waals surface area contributed by atoms with E-state index in [2.05, 4.69) is 24.1 Å². The van der Waals surface area contributed by atoms with E-state index in [1.54, 1.807) is 0 Å². The second-order valence-corrected chi connectivity index (χ2v) is 5.75. The van der Waals surface area contributed by atoms with E-state index in [0.717, 1.165) is 19.8 Å². The maximum absolute atomic E-state index is 5.50. The van der Waals surface area contributed by atoms with Gasteiger partial charge in [0.25, 0.3) is 0 Å². The molecule has 0 aromatic rings. The molecule has 0 saturated carbocycles. The summed E-state index contributed by atoms with van der Waals surface area (Å²) in [4.78, 5) is 2.66. The normalized spacial score (nSPS) is 29.6. The fourth-order valence-corrected chi connectivity index (χ4v) is 3.19. The Kier molecular flexibility index (Phi) is 4.83. The minimum Gasteiger partial charge on any atom is -0.379 e. The topological polar surface area (TPSA) is 24.5 Å². The molecular weight excluding hydrogens is 212 g/mol. The fraction of sp³-hybridized carbons (Fsp3) is 1.00. The molecule has 3 nitrogen and oxygen atoms in total.